The second-order valence-electron chi connectivity index (χ2n) is 10.1. The van der Waals surface area contributed by atoms with E-state index in [4.69, 9.17) is 9.47 Å². The molecule has 0 unspecified atom stereocenters. The first-order valence-electron chi connectivity index (χ1n) is 13.8. The molecule has 0 atom stereocenters. The van der Waals surface area contributed by atoms with Gasteiger partial charge in [0.05, 0.1) is 12.0 Å². The average Bonchev–Trinajstić information content (AvgIpc) is 3.29. The SMILES string of the molecule is COc1cccc(/C=C2/SC(=O)N(CC(=O)N3CCN(c4ccccc4)CC3)C2=O)c1OCC(=O)Nc1ccc(C)cc1. The molecular formula is C32H32N4O6S. The fraction of sp³-hybridized carbons (Fsp3) is 0.250. The molecule has 2 aliphatic heterocycles. The number of nitrogens with zero attached hydrogens (tertiary/aromatic N) is 3. The normalized spacial score (nSPS) is 16.0. The Kier molecular flexibility index (Phi) is 9.31. The van der Waals surface area contributed by atoms with Crippen molar-refractivity contribution in [2.45, 2.75) is 6.92 Å². The summed E-state index contributed by atoms with van der Waals surface area (Å²) in [6, 6.07) is 22.4. The van der Waals surface area contributed by atoms with Gasteiger partial charge in [0.15, 0.2) is 18.1 Å². The molecule has 2 aliphatic rings. The summed E-state index contributed by atoms with van der Waals surface area (Å²) in [4.78, 5) is 56.6. The lowest BCUT2D eigenvalue weighted by atomic mass is 10.1. The summed E-state index contributed by atoms with van der Waals surface area (Å²) in [5, 5.41) is 2.26. The zero-order valence-electron chi connectivity index (χ0n) is 23.9. The second-order valence-corrected chi connectivity index (χ2v) is 11.0. The summed E-state index contributed by atoms with van der Waals surface area (Å²) in [5.41, 5.74) is 3.26. The monoisotopic (exact) mass is 600 g/mol. The highest BCUT2D eigenvalue weighted by Gasteiger charge is 2.37. The Hall–Kier alpha value is -4.77. The third-order valence-corrected chi connectivity index (χ3v) is 8.03. The first-order valence-corrected chi connectivity index (χ1v) is 14.6. The molecule has 1 N–H and O–H groups in total. The number of para-hydroxylation sites is 2. The van der Waals surface area contributed by atoms with Gasteiger partial charge in [-0.2, -0.15) is 0 Å². The van der Waals surface area contributed by atoms with Crippen LogP contribution in [0, 0.1) is 6.92 Å². The van der Waals surface area contributed by atoms with Crippen LogP contribution in [0.15, 0.2) is 77.7 Å². The van der Waals surface area contributed by atoms with Crippen molar-refractivity contribution in [1.29, 1.82) is 0 Å². The van der Waals surface area contributed by atoms with Crippen molar-refractivity contribution >= 4 is 52.2 Å². The van der Waals surface area contributed by atoms with Gasteiger partial charge < -0.3 is 24.6 Å². The highest BCUT2D eigenvalue weighted by molar-refractivity contribution is 8.18. The minimum atomic E-state index is -0.558. The molecule has 0 aliphatic carbocycles. The Bertz CT molecular complexity index is 1540. The summed E-state index contributed by atoms with van der Waals surface area (Å²) in [7, 11) is 1.47. The molecule has 222 valence electrons. The van der Waals surface area contributed by atoms with Crippen LogP contribution in [0.3, 0.4) is 0 Å². The summed E-state index contributed by atoms with van der Waals surface area (Å²) < 4.78 is 11.3. The third kappa shape index (κ3) is 7.18. The molecule has 43 heavy (non-hydrogen) atoms. The molecule has 0 spiro atoms. The van der Waals surface area contributed by atoms with Crippen LogP contribution in [0.2, 0.25) is 0 Å². The lowest BCUT2D eigenvalue weighted by Crippen LogP contribution is -2.51. The minimum Gasteiger partial charge on any atom is -0.493 e. The summed E-state index contributed by atoms with van der Waals surface area (Å²) in [6.45, 7) is 3.66. The van der Waals surface area contributed by atoms with Gasteiger partial charge in [-0.15, -0.1) is 0 Å². The van der Waals surface area contributed by atoms with Gasteiger partial charge in [-0.3, -0.25) is 24.1 Å². The number of hydrogen-bond acceptors (Lipinski definition) is 8. The number of amides is 4. The molecule has 0 bridgehead atoms. The Labute approximate surface area is 254 Å². The molecule has 0 radical (unpaired) electrons. The predicted octanol–water partition coefficient (Wildman–Crippen LogP) is 4.41. The maximum absolute atomic E-state index is 13.2. The lowest BCUT2D eigenvalue weighted by molar-refractivity contribution is -0.136. The number of carbonyl (C=O) groups is 4. The lowest BCUT2D eigenvalue weighted by Gasteiger charge is -2.36. The van der Waals surface area contributed by atoms with Crippen molar-refractivity contribution in [3.8, 4) is 11.5 Å². The Morgan fingerprint density at radius 1 is 0.930 bits per heavy atom. The first kappa shape index (κ1) is 29.7. The summed E-state index contributed by atoms with van der Waals surface area (Å²) >= 11 is 0.756. The van der Waals surface area contributed by atoms with E-state index < -0.39 is 11.1 Å². The number of anilines is 2. The second kappa shape index (κ2) is 13.5. The minimum absolute atomic E-state index is 0.147. The molecule has 10 nitrogen and oxygen atoms in total. The van der Waals surface area contributed by atoms with E-state index >= 15 is 0 Å². The first-order chi connectivity index (χ1) is 20.8. The summed E-state index contributed by atoms with van der Waals surface area (Å²) in [6.07, 6.45) is 1.52. The number of aryl methyl sites for hydroxylation is 1. The predicted molar refractivity (Wildman–Crippen MR) is 166 cm³/mol. The van der Waals surface area contributed by atoms with E-state index in [1.165, 1.54) is 13.2 Å². The number of thioether (sulfide) groups is 1. The topological polar surface area (TPSA) is 108 Å². The van der Waals surface area contributed by atoms with Crippen LogP contribution in [-0.2, 0) is 14.4 Å². The molecular weight excluding hydrogens is 568 g/mol. The zero-order chi connectivity index (χ0) is 30.3. The van der Waals surface area contributed by atoms with E-state index in [0.29, 0.717) is 43.2 Å². The van der Waals surface area contributed by atoms with Gasteiger partial charge in [0.1, 0.15) is 6.54 Å². The van der Waals surface area contributed by atoms with Crippen molar-refractivity contribution in [2.24, 2.45) is 0 Å². The van der Waals surface area contributed by atoms with Crippen LogP contribution in [0.5, 0.6) is 11.5 Å². The maximum atomic E-state index is 13.2. The van der Waals surface area contributed by atoms with E-state index in [9.17, 15) is 19.2 Å². The molecule has 2 fully saturated rings. The average molecular weight is 601 g/mol. The van der Waals surface area contributed by atoms with Gasteiger partial charge in [-0.25, -0.2) is 0 Å². The molecule has 3 aromatic rings. The zero-order valence-corrected chi connectivity index (χ0v) is 24.8. The molecule has 3 aromatic carbocycles. The highest BCUT2D eigenvalue weighted by atomic mass is 32.2. The number of piperazine rings is 1. The number of imide groups is 1. The fourth-order valence-corrected chi connectivity index (χ4v) is 5.63. The van der Waals surface area contributed by atoms with E-state index in [0.717, 1.165) is 27.9 Å². The smallest absolute Gasteiger partial charge is 0.294 e. The number of rotatable bonds is 9. The van der Waals surface area contributed by atoms with Crippen LogP contribution < -0.4 is 19.7 Å². The summed E-state index contributed by atoms with van der Waals surface area (Å²) in [5.74, 6) is -0.591. The number of hydrogen-bond donors (Lipinski definition) is 1. The molecule has 0 saturated carbocycles. The van der Waals surface area contributed by atoms with E-state index in [-0.39, 0.29) is 35.6 Å². The van der Waals surface area contributed by atoms with Crippen LogP contribution in [-0.4, -0.2) is 79.2 Å². The van der Waals surface area contributed by atoms with Crippen LogP contribution in [0.4, 0.5) is 16.2 Å². The van der Waals surface area contributed by atoms with Crippen LogP contribution in [0.1, 0.15) is 11.1 Å². The maximum Gasteiger partial charge on any atom is 0.294 e. The van der Waals surface area contributed by atoms with Gasteiger partial charge in [0, 0.05) is 43.1 Å². The van der Waals surface area contributed by atoms with Crippen LogP contribution >= 0.6 is 11.8 Å². The van der Waals surface area contributed by atoms with Gasteiger partial charge in [0.2, 0.25) is 5.91 Å². The van der Waals surface area contributed by atoms with E-state index in [1.54, 1.807) is 35.2 Å². The molecule has 11 heteroatoms. The Morgan fingerprint density at radius 2 is 1.65 bits per heavy atom. The number of ether oxygens (including phenoxy) is 2. The van der Waals surface area contributed by atoms with Crippen molar-refractivity contribution in [3.05, 3.63) is 88.8 Å². The number of benzene rings is 3. The van der Waals surface area contributed by atoms with E-state index in [1.807, 2.05) is 49.4 Å². The highest BCUT2D eigenvalue weighted by Crippen LogP contribution is 2.37. The molecule has 2 saturated heterocycles. The Morgan fingerprint density at radius 3 is 2.35 bits per heavy atom. The largest absolute Gasteiger partial charge is 0.493 e. The van der Waals surface area contributed by atoms with Gasteiger partial charge in [-0.1, -0.05) is 48.0 Å². The molecule has 4 amide bonds. The van der Waals surface area contributed by atoms with E-state index in [2.05, 4.69) is 10.2 Å². The Balaban J connectivity index is 1.22. The quantitative estimate of drug-likeness (QED) is 0.360. The van der Waals surface area contributed by atoms with Crippen molar-refractivity contribution in [3.63, 3.8) is 0 Å². The van der Waals surface area contributed by atoms with Crippen molar-refractivity contribution < 1.29 is 28.7 Å². The van der Waals surface area contributed by atoms with Crippen molar-refractivity contribution in [2.75, 3.05) is 56.7 Å². The molecule has 5 rings (SSSR count). The number of carbonyl (C=O) groups excluding carboxylic acids is 4. The van der Waals surface area contributed by atoms with Crippen LogP contribution in [0.25, 0.3) is 6.08 Å². The molecule has 0 aromatic heterocycles. The number of nitrogens with one attached hydrogen (secondary N) is 1. The van der Waals surface area contributed by atoms with Gasteiger partial charge in [-0.05, 0) is 55.1 Å². The van der Waals surface area contributed by atoms with Gasteiger partial charge in [0.25, 0.3) is 17.1 Å². The fourth-order valence-electron chi connectivity index (χ4n) is 4.80. The molecule has 2 heterocycles. The van der Waals surface area contributed by atoms with Gasteiger partial charge >= 0.3 is 0 Å². The van der Waals surface area contributed by atoms with Crippen molar-refractivity contribution in [1.82, 2.24) is 9.80 Å². The third-order valence-electron chi connectivity index (χ3n) is 7.12. The standard InChI is InChI=1S/C32H32N4O6S/c1-22-11-13-24(14-12-22)33-28(37)21-42-30-23(7-6-10-26(30)41-2)19-27-31(39)36(32(40)43-27)20-29(38)35-17-15-34(16-18-35)25-8-4-3-5-9-25/h3-14,19H,15-18,20-21H2,1-2H3,(H,33,37)/b27-19+. The number of methoxy groups -OCH3 is 1.